The quantitative estimate of drug-likeness (QED) is 0.692. The van der Waals surface area contributed by atoms with Crippen molar-refractivity contribution in [2.75, 3.05) is 13.2 Å². The van der Waals surface area contributed by atoms with E-state index in [4.69, 9.17) is 5.11 Å². The molecule has 0 aromatic carbocycles. The Kier molecular flexibility index (Phi) is 2.77. The number of rotatable bonds is 5. The van der Waals surface area contributed by atoms with E-state index < -0.39 is 0 Å². The molecule has 0 aliphatic heterocycles. The van der Waals surface area contributed by atoms with Crippen LogP contribution < -0.4 is 5.32 Å². The third-order valence-electron chi connectivity index (χ3n) is 3.70. The van der Waals surface area contributed by atoms with Crippen molar-refractivity contribution in [2.24, 2.45) is 11.3 Å². The molecule has 2 rings (SSSR count). The number of amides is 1. The highest BCUT2D eigenvalue weighted by molar-refractivity contribution is 5.85. The highest BCUT2D eigenvalue weighted by Gasteiger charge is 2.49. The smallest absolute Gasteiger partial charge is 0.228 e. The molecule has 2 aliphatic rings. The minimum Gasteiger partial charge on any atom is -0.395 e. The molecule has 0 atom stereocenters. The Hall–Kier alpha value is -0.570. The molecule has 0 bridgehead atoms. The molecule has 2 fully saturated rings. The fourth-order valence-electron chi connectivity index (χ4n) is 1.97. The van der Waals surface area contributed by atoms with Crippen molar-refractivity contribution in [3.05, 3.63) is 0 Å². The summed E-state index contributed by atoms with van der Waals surface area (Å²) in [6, 6.07) is 0. The van der Waals surface area contributed by atoms with Gasteiger partial charge < -0.3 is 10.4 Å². The number of aliphatic hydroxyl groups excluding tert-OH is 1. The molecule has 2 N–H and O–H groups in total. The summed E-state index contributed by atoms with van der Waals surface area (Å²) in [4.78, 5) is 11.6. The lowest BCUT2D eigenvalue weighted by molar-refractivity contribution is -0.127. The minimum absolute atomic E-state index is 0.0161. The summed E-state index contributed by atoms with van der Waals surface area (Å²) in [5, 5.41) is 12.0. The van der Waals surface area contributed by atoms with Crippen LogP contribution in [0.5, 0.6) is 0 Å². The standard InChI is InChI=1S/C11H19NO2/c13-8-11(5-6-11)10(14)12-7-4-9-2-1-3-9/h9,13H,1-8H2,(H,12,14). The second kappa shape index (κ2) is 3.89. The molecule has 3 heteroatoms. The molecule has 3 nitrogen and oxygen atoms in total. The van der Waals surface area contributed by atoms with E-state index in [1.807, 2.05) is 0 Å². The Morgan fingerprint density at radius 3 is 2.57 bits per heavy atom. The summed E-state index contributed by atoms with van der Waals surface area (Å²) < 4.78 is 0. The van der Waals surface area contributed by atoms with Gasteiger partial charge in [-0.2, -0.15) is 0 Å². The molecular formula is C11H19NO2. The predicted octanol–water partition coefficient (Wildman–Crippen LogP) is 1.07. The second-order valence-electron chi connectivity index (χ2n) is 4.78. The van der Waals surface area contributed by atoms with Crippen LogP contribution in [0.15, 0.2) is 0 Å². The van der Waals surface area contributed by atoms with Crippen LogP contribution in [0.25, 0.3) is 0 Å². The van der Waals surface area contributed by atoms with Gasteiger partial charge in [0.2, 0.25) is 5.91 Å². The van der Waals surface area contributed by atoms with Gasteiger partial charge in [0.05, 0.1) is 12.0 Å². The lowest BCUT2D eigenvalue weighted by Crippen LogP contribution is -2.35. The molecule has 0 aromatic heterocycles. The van der Waals surface area contributed by atoms with Gasteiger partial charge in [0, 0.05) is 6.54 Å². The number of carbonyl (C=O) groups is 1. The normalized spacial score (nSPS) is 24.1. The zero-order valence-corrected chi connectivity index (χ0v) is 8.59. The van der Waals surface area contributed by atoms with E-state index in [0.29, 0.717) is 0 Å². The van der Waals surface area contributed by atoms with Gasteiger partial charge in [0.1, 0.15) is 0 Å². The maximum absolute atomic E-state index is 11.6. The van der Waals surface area contributed by atoms with Gasteiger partial charge in [-0.15, -0.1) is 0 Å². The first-order valence-corrected chi connectivity index (χ1v) is 5.66. The fraction of sp³-hybridized carbons (Fsp3) is 0.909. The zero-order chi connectivity index (χ0) is 10.0. The highest BCUT2D eigenvalue weighted by Crippen LogP contribution is 2.45. The van der Waals surface area contributed by atoms with E-state index in [0.717, 1.165) is 31.7 Å². The third-order valence-corrected chi connectivity index (χ3v) is 3.70. The van der Waals surface area contributed by atoms with Crippen LogP contribution in [0, 0.1) is 11.3 Å². The zero-order valence-electron chi connectivity index (χ0n) is 8.59. The van der Waals surface area contributed by atoms with Crippen molar-refractivity contribution in [3.63, 3.8) is 0 Å². The molecule has 0 unspecified atom stereocenters. The monoisotopic (exact) mass is 197 g/mol. The lowest BCUT2D eigenvalue weighted by atomic mass is 9.83. The SMILES string of the molecule is O=C(NCCC1CCC1)C1(CO)CC1. The van der Waals surface area contributed by atoms with Crippen LogP contribution in [-0.2, 0) is 4.79 Å². The van der Waals surface area contributed by atoms with Gasteiger partial charge in [0.25, 0.3) is 0 Å². The van der Waals surface area contributed by atoms with Gasteiger partial charge in [-0.05, 0) is 25.2 Å². The Balaban J connectivity index is 1.62. The molecule has 0 heterocycles. The predicted molar refractivity (Wildman–Crippen MR) is 53.7 cm³/mol. The molecule has 2 aliphatic carbocycles. The Bertz CT molecular complexity index is 219. The molecule has 80 valence electrons. The minimum atomic E-state index is -0.389. The maximum atomic E-state index is 11.6. The van der Waals surface area contributed by atoms with Gasteiger partial charge in [-0.1, -0.05) is 19.3 Å². The Morgan fingerprint density at radius 1 is 1.43 bits per heavy atom. The number of hydrogen-bond donors (Lipinski definition) is 2. The summed E-state index contributed by atoms with van der Waals surface area (Å²) >= 11 is 0. The molecule has 2 saturated carbocycles. The van der Waals surface area contributed by atoms with Gasteiger partial charge in [-0.3, -0.25) is 4.79 Å². The largest absolute Gasteiger partial charge is 0.395 e. The fourth-order valence-corrected chi connectivity index (χ4v) is 1.97. The van der Waals surface area contributed by atoms with Crippen LogP contribution in [0.1, 0.15) is 38.5 Å². The molecule has 0 aromatic rings. The van der Waals surface area contributed by atoms with Crippen molar-refractivity contribution < 1.29 is 9.90 Å². The number of nitrogens with one attached hydrogen (secondary N) is 1. The summed E-state index contributed by atoms with van der Waals surface area (Å²) in [7, 11) is 0. The summed E-state index contributed by atoms with van der Waals surface area (Å²) in [6.07, 6.45) is 6.87. The highest BCUT2D eigenvalue weighted by atomic mass is 16.3. The molecule has 0 saturated heterocycles. The lowest BCUT2D eigenvalue weighted by Gasteiger charge is -2.25. The average molecular weight is 197 g/mol. The van der Waals surface area contributed by atoms with Crippen molar-refractivity contribution in [2.45, 2.75) is 38.5 Å². The number of carbonyl (C=O) groups excluding carboxylic acids is 1. The third kappa shape index (κ3) is 1.92. The van der Waals surface area contributed by atoms with Crippen molar-refractivity contribution in [3.8, 4) is 0 Å². The second-order valence-corrected chi connectivity index (χ2v) is 4.78. The van der Waals surface area contributed by atoms with E-state index >= 15 is 0 Å². The van der Waals surface area contributed by atoms with Gasteiger partial charge in [0.15, 0.2) is 0 Å². The Labute approximate surface area is 84.9 Å². The number of hydrogen-bond acceptors (Lipinski definition) is 2. The van der Waals surface area contributed by atoms with Crippen LogP contribution in [0.2, 0.25) is 0 Å². The Morgan fingerprint density at radius 2 is 2.14 bits per heavy atom. The van der Waals surface area contributed by atoms with E-state index in [2.05, 4.69) is 5.32 Å². The van der Waals surface area contributed by atoms with Crippen molar-refractivity contribution in [1.82, 2.24) is 5.32 Å². The van der Waals surface area contributed by atoms with Gasteiger partial charge in [-0.25, -0.2) is 0 Å². The molecule has 14 heavy (non-hydrogen) atoms. The molecule has 1 amide bonds. The van der Waals surface area contributed by atoms with Gasteiger partial charge >= 0.3 is 0 Å². The summed E-state index contributed by atoms with van der Waals surface area (Å²) in [6.45, 7) is 0.813. The summed E-state index contributed by atoms with van der Waals surface area (Å²) in [5.41, 5.74) is -0.389. The first kappa shape index (κ1) is 9.97. The van der Waals surface area contributed by atoms with E-state index in [1.54, 1.807) is 0 Å². The molecular weight excluding hydrogens is 178 g/mol. The summed E-state index contributed by atoms with van der Waals surface area (Å²) in [5.74, 6) is 0.916. The van der Waals surface area contributed by atoms with Crippen LogP contribution in [0.4, 0.5) is 0 Å². The number of aliphatic hydroxyl groups is 1. The molecule has 0 radical (unpaired) electrons. The maximum Gasteiger partial charge on any atom is 0.228 e. The first-order chi connectivity index (χ1) is 6.77. The van der Waals surface area contributed by atoms with E-state index in [-0.39, 0.29) is 17.9 Å². The van der Waals surface area contributed by atoms with E-state index in [9.17, 15) is 4.79 Å². The van der Waals surface area contributed by atoms with Crippen LogP contribution in [0.3, 0.4) is 0 Å². The van der Waals surface area contributed by atoms with Crippen LogP contribution >= 0.6 is 0 Å². The van der Waals surface area contributed by atoms with E-state index in [1.165, 1.54) is 19.3 Å². The topological polar surface area (TPSA) is 49.3 Å². The van der Waals surface area contributed by atoms with Crippen molar-refractivity contribution >= 4 is 5.91 Å². The van der Waals surface area contributed by atoms with Crippen LogP contribution in [-0.4, -0.2) is 24.2 Å². The van der Waals surface area contributed by atoms with Crippen molar-refractivity contribution in [1.29, 1.82) is 0 Å². The first-order valence-electron chi connectivity index (χ1n) is 5.66. The molecule has 0 spiro atoms. The average Bonchev–Trinajstić information content (AvgIpc) is 2.89.